The van der Waals surface area contributed by atoms with Gasteiger partial charge in [-0.05, 0) is 31.5 Å². The zero-order valence-electron chi connectivity index (χ0n) is 13.8. The SMILES string of the molecule is CNC(=O)NC(=O)[C@@H](C)[NH+]1CCN(c2cc(Cl)ccc2C)CC1. The molecule has 2 rings (SSSR count). The molecule has 1 aromatic carbocycles. The fraction of sp³-hybridized carbons (Fsp3) is 0.500. The van der Waals surface area contributed by atoms with Gasteiger partial charge in [0.25, 0.3) is 5.91 Å². The van der Waals surface area contributed by atoms with E-state index in [0.717, 1.165) is 36.9 Å². The highest BCUT2D eigenvalue weighted by Crippen LogP contribution is 2.24. The molecule has 0 saturated carbocycles. The minimum absolute atomic E-state index is 0.244. The number of carbonyl (C=O) groups excluding carboxylic acids is 2. The van der Waals surface area contributed by atoms with Crippen molar-refractivity contribution >= 4 is 29.2 Å². The van der Waals surface area contributed by atoms with Crippen molar-refractivity contribution in [1.29, 1.82) is 0 Å². The van der Waals surface area contributed by atoms with Crippen LogP contribution in [0.15, 0.2) is 18.2 Å². The van der Waals surface area contributed by atoms with E-state index in [1.165, 1.54) is 17.5 Å². The molecule has 6 nitrogen and oxygen atoms in total. The summed E-state index contributed by atoms with van der Waals surface area (Å²) in [6.45, 7) is 7.32. The van der Waals surface area contributed by atoms with Crippen LogP contribution >= 0.6 is 11.6 Å². The summed E-state index contributed by atoms with van der Waals surface area (Å²) < 4.78 is 0. The average Bonchev–Trinajstić information content (AvgIpc) is 2.56. The average molecular weight is 340 g/mol. The van der Waals surface area contributed by atoms with Gasteiger partial charge in [-0.3, -0.25) is 10.1 Å². The van der Waals surface area contributed by atoms with Crippen molar-refractivity contribution in [3.8, 4) is 0 Å². The summed E-state index contributed by atoms with van der Waals surface area (Å²) >= 11 is 6.10. The molecule has 126 valence electrons. The Bertz CT molecular complexity index is 585. The van der Waals surface area contributed by atoms with Crippen LogP contribution in [0, 0.1) is 6.92 Å². The van der Waals surface area contributed by atoms with Crippen LogP contribution in [-0.2, 0) is 4.79 Å². The monoisotopic (exact) mass is 339 g/mol. The number of nitrogens with zero attached hydrogens (tertiary/aromatic N) is 1. The predicted molar refractivity (Wildman–Crippen MR) is 91.2 cm³/mol. The number of piperazine rings is 1. The van der Waals surface area contributed by atoms with Gasteiger partial charge in [-0.15, -0.1) is 0 Å². The van der Waals surface area contributed by atoms with Gasteiger partial charge in [0, 0.05) is 17.8 Å². The Labute approximate surface area is 141 Å². The van der Waals surface area contributed by atoms with E-state index in [1.807, 2.05) is 25.1 Å². The third kappa shape index (κ3) is 4.36. The number of halogens is 1. The summed E-state index contributed by atoms with van der Waals surface area (Å²) in [5.41, 5.74) is 2.35. The first-order valence-corrected chi connectivity index (χ1v) is 8.18. The highest BCUT2D eigenvalue weighted by Gasteiger charge is 2.30. The first kappa shape index (κ1) is 17.6. The van der Waals surface area contributed by atoms with E-state index in [0.29, 0.717) is 0 Å². The van der Waals surface area contributed by atoms with Crippen molar-refractivity contribution in [1.82, 2.24) is 10.6 Å². The zero-order chi connectivity index (χ0) is 17.0. The summed E-state index contributed by atoms with van der Waals surface area (Å²) in [5, 5.41) is 5.47. The van der Waals surface area contributed by atoms with Gasteiger partial charge in [0.2, 0.25) is 0 Å². The smallest absolute Gasteiger partial charge is 0.321 e. The number of amides is 3. The van der Waals surface area contributed by atoms with Crippen molar-refractivity contribution in [3.63, 3.8) is 0 Å². The van der Waals surface area contributed by atoms with Crippen LogP contribution in [0.25, 0.3) is 0 Å². The molecule has 1 aromatic rings. The van der Waals surface area contributed by atoms with E-state index < -0.39 is 6.03 Å². The maximum atomic E-state index is 12.0. The van der Waals surface area contributed by atoms with Gasteiger partial charge < -0.3 is 15.1 Å². The lowest BCUT2D eigenvalue weighted by Gasteiger charge is -2.36. The molecule has 0 radical (unpaired) electrons. The number of hydrogen-bond acceptors (Lipinski definition) is 3. The Morgan fingerprint density at radius 3 is 2.57 bits per heavy atom. The van der Waals surface area contributed by atoms with Crippen molar-refractivity contribution in [2.75, 3.05) is 38.1 Å². The van der Waals surface area contributed by atoms with Crippen LogP contribution in [0.5, 0.6) is 0 Å². The third-order valence-electron chi connectivity index (χ3n) is 4.39. The van der Waals surface area contributed by atoms with Crippen LogP contribution in [-0.4, -0.2) is 51.2 Å². The second-order valence-corrected chi connectivity index (χ2v) is 6.30. The quantitative estimate of drug-likeness (QED) is 0.737. The van der Waals surface area contributed by atoms with E-state index in [-0.39, 0.29) is 11.9 Å². The Kier molecular flexibility index (Phi) is 5.85. The number of nitrogens with one attached hydrogen (secondary N) is 3. The molecule has 0 bridgehead atoms. The lowest BCUT2D eigenvalue weighted by molar-refractivity contribution is -0.914. The molecule has 0 spiro atoms. The topological polar surface area (TPSA) is 65.9 Å². The summed E-state index contributed by atoms with van der Waals surface area (Å²) in [6.07, 6.45) is 0. The molecule has 3 N–H and O–H groups in total. The number of hydrogen-bond donors (Lipinski definition) is 3. The Hall–Kier alpha value is -1.79. The number of aryl methyl sites for hydroxylation is 1. The second kappa shape index (κ2) is 7.66. The van der Waals surface area contributed by atoms with Gasteiger partial charge in [-0.1, -0.05) is 17.7 Å². The van der Waals surface area contributed by atoms with E-state index in [2.05, 4.69) is 22.5 Å². The minimum Gasteiger partial charge on any atom is -0.360 e. The number of urea groups is 1. The molecule has 0 unspecified atom stereocenters. The molecule has 0 aromatic heterocycles. The lowest BCUT2D eigenvalue weighted by Crippen LogP contribution is -3.19. The highest BCUT2D eigenvalue weighted by molar-refractivity contribution is 6.30. The number of imide groups is 1. The van der Waals surface area contributed by atoms with Crippen molar-refractivity contribution in [2.24, 2.45) is 0 Å². The van der Waals surface area contributed by atoms with Gasteiger partial charge in [-0.2, -0.15) is 0 Å². The molecule has 0 aliphatic carbocycles. The third-order valence-corrected chi connectivity index (χ3v) is 4.62. The standard InChI is InChI=1S/C16H23ClN4O2/c1-11-4-5-13(17)10-14(11)21-8-6-20(7-9-21)12(2)15(22)19-16(23)18-3/h4-5,10,12H,6-9H2,1-3H3,(H2,18,19,22,23)/p+1/t12-/m1/s1. The molecular weight excluding hydrogens is 316 g/mol. The van der Waals surface area contributed by atoms with Crippen molar-refractivity contribution < 1.29 is 14.5 Å². The molecule has 1 atom stereocenters. The molecule has 1 fully saturated rings. The number of anilines is 1. The van der Waals surface area contributed by atoms with Gasteiger partial charge in [0.05, 0.1) is 26.2 Å². The summed E-state index contributed by atoms with van der Waals surface area (Å²) in [7, 11) is 1.49. The molecule has 7 heteroatoms. The fourth-order valence-electron chi connectivity index (χ4n) is 2.86. The maximum Gasteiger partial charge on any atom is 0.321 e. The Balaban J connectivity index is 1.94. The molecule has 1 aliphatic heterocycles. The van der Waals surface area contributed by atoms with Gasteiger partial charge in [0.1, 0.15) is 0 Å². The highest BCUT2D eigenvalue weighted by atomic mass is 35.5. The number of quaternary nitrogens is 1. The maximum absolute atomic E-state index is 12.0. The normalized spacial score (nSPS) is 16.8. The van der Waals surface area contributed by atoms with Crippen LogP contribution in [0.4, 0.5) is 10.5 Å². The Morgan fingerprint density at radius 1 is 1.30 bits per heavy atom. The zero-order valence-corrected chi connectivity index (χ0v) is 14.5. The molecule has 1 aliphatic rings. The van der Waals surface area contributed by atoms with E-state index >= 15 is 0 Å². The fourth-order valence-corrected chi connectivity index (χ4v) is 3.03. The Morgan fingerprint density at radius 2 is 1.96 bits per heavy atom. The van der Waals surface area contributed by atoms with Gasteiger partial charge in [-0.25, -0.2) is 4.79 Å². The molecule has 3 amide bonds. The number of carbonyl (C=O) groups is 2. The number of benzene rings is 1. The molecular formula is C16H24ClN4O2+. The first-order valence-electron chi connectivity index (χ1n) is 7.80. The summed E-state index contributed by atoms with van der Waals surface area (Å²) in [4.78, 5) is 26.8. The van der Waals surface area contributed by atoms with Crippen LogP contribution in [0.1, 0.15) is 12.5 Å². The largest absolute Gasteiger partial charge is 0.360 e. The van der Waals surface area contributed by atoms with Crippen LogP contribution in [0.3, 0.4) is 0 Å². The lowest BCUT2D eigenvalue weighted by atomic mass is 10.1. The van der Waals surface area contributed by atoms with E-state index in [9.17, 15) is 9.59 Å². The molecule has 1 saturated heterocycles. The van der Waals surface area contributed by atoms with Gasteiger partial charge >= 0.3 is 6.03 Å². The van der Waals surface area contributed by atoms with Crippen LogP contribution < -0.4 is 20.4 Å². The second-order valence-electron chi connectivity index (χ2n) is 5.87. The first-order chi connectivity index (χ1) is 10.9. The van der Waals surface area contributed by atoms with Crippen molar-refractivity contribution in [3.05, 3.63) is 28.8 Å². The van der Waals surface area contributed by atoms with Crippen molar-refractivity contribution in [2.45, 2.75) is 19.9 Å². The minimum atomic E-state index is -0.463. The number of rotatable bonds is 3. The summed E-state index contributed by atoms with van der Waals surface area (Å²) in [5.74, 6) is -0.244. The predicted octanol–water partition coefficient (Wildman–Crippen LogP) is 0.197. The molecule has 1 heterocycles. The van der Waals surface area contributed by atoms with Gasteiger partial charge in [0.15, 0.2) is 6.04 Å². The summed E-state index contributed by atoms with van der Waals surface area (Å²) in [6, 6.07) is 5.19. The van der Waals surface area contributed by atoms with Crippen LogP contribution in [0.2, 0.25) is 5.02 Å². The van der Waals surface area contributed by atoms with E-state index in [4.69, 9.17) is 11.6 Å². The van der Waals surface area contributed by atoms with E-state index in [1.54, 1.807) is 0 Å². The molecule has 23 heavy (non-hydrogen) atoms.